The summed E-state index contributed by atoms with van der Waals surface area (Å²) >= 11 is 0. The van der Waals surface area contributed by atoms with Crippen molar-refractivity contribution in [3.63, 3.8) is 0 Å². The molecule has 1 heteroatoms. The van der Waals surface area contributed by atoms with Crippen LogP contribution in [0, 0.1) is 0 Å². The highest BCUT2D eigenvalue weighted by molar-refractivity contribution is 5.91. The van der Waals surface area contributed by atoms with Gasteiger partial charge in [0, 0.05) is 22.5 Å². The van der Waals surface area contributed by atoms with Gasteiger partial charge < -0.3 is 4.90 Å². The zero-order valence-electron chi connectivity index (χ0n) is 28.3. The molecule has 0 amide bonds. The number of rotatable bonds is 6. The van der Waals surface area contributed by atoms with Crippen LogP contribution in [0.3, 0.4) is 0 Å². The molecule has 0 spiro atoms. The zero-order valence-corrected chi connectivity index (χ0v) is 28.3. The van der Waals surface area contributed by atoms with Crippen molar-refractivity contribution in [3.05, 3.63) is 199 Å². The van der Waals surface area contributed by atoms with Gasteiger partial charge in [-0.3, -0.25) is 0 Å². The minimum Gasteiger partial charge on any atom is -0.310 e. The first kappa shape index (κ1) is 29.9. The Morgan fingerprint density at radius 2 is 0.800 bits per heavy atom. The molecule has 0 bridgehead atoms. The maximum Gasteiger partial charge on any atom is 0.0465 e. The summed E-state index contributed by atoms with van der Waals surface area (Å²) < 4.78 is 0. The molecule has 0 saturated heterocycles. The van der Waals surface area contributed by atoms with Gasteiger partial charge in [0.2, 0.25) is 0 Å². The molecule has 1 aliphatic carbocycles. The second kappa shape index (κ2) is 12.1. The van der Waals surface area contributed by atoms with Crippen molar-refractivity contribution in [3.8, 4) is 44.5 Å². The van der Waals surface area contributed by atoms with Crippen LogP contribution in [0.15, 0.2) is 188 Å². The van der Waals surface area contributed by atoms with E-state index in [1.165, 1.54) is 66.4 Å². The van der Waals surface area contributed by atoms with E-state index in [0.29, 0.717) is 0 Å². The standard InChI is InChI=1S/C49H37N/c1-49(2)47-30-23-41(40-18-17-36-15-9-10-16-39(36)31-40)32-46(47)45-29-28-44(33-48(45)49)50(42-24-19-37(20-25-42)34-11-5-3-6-12-34)43-26-21-38(22-27-43)35-13-7-4-8-14-35/h3-33H,1-2H3. The quantitative estimate of drug-likeness (QED) is 0.175. The fourth-order valence-electron chi connectivity index (χ4n) is 7.74. The predicted molar refractivity (Wildman–Crippen MR) is 213 cm³/mol. The lowest BCUT2D eigenvalue weighted by atomic mass is 9.82. The fraction of sp³-hybridized carbons (Fsp3) is 0.0612. The summed E-state index contributed by atoms with van der Waals surface area (Å²) in [6.07, 6.45) is 0. The van der Waals surface area contributed by atoms with Crippen molar-refractivity contribution in [2.75, 3.05) is 4.90 Å². The lowest BCUT2D eigenvalue weighted by Gasteiger charge is -2.28. The minimum atomic E-state index is -0.136. The van der Waals surface area contributed by atoms with Crippen LogP contribution in [0.2, 0.25) is 0 Å². The molecule has 0 N–H and O–H groups in total. The molecule has 0 saturated carbocycles. The first-order valence-corrected chi connectivity index (χ1v) is 17.4. The van der Waals surface area contributed by atoms with Gasteiger partial charge in [-0.2, -0.15) is 0 Å². The van der Waals surface area contributed by atoms with Crippen molar-refractivity contribution in [1.82, 2.24) is 0 Å². The molecule has 0 aromatic heterocycles. The van der Waals surface area contributed by atoms with E-state index in [1.54, 1.807) is 0 Å². The predicted octanol–water partition coefficient (Wildman–Crippen LogP) is 13.6. The topological polar surface area (TPSA) is 3.24 Å². The van der Waals surface area contributed by atoms with Gasteiger partial charge in [0.05, 0.1) is 0 Å². The Morgan fingerprint density at radius 3 is 1.42 bits per heavy atom. The summed E-state index contributed by atoms with van der Waals surface area (Å²) in [5.41, 5.74) is 16.0. The van der Waals surface area contributed by atoms with E-state index in [0.717, 1.165) is 17.1 Å². The SMILES string of the molecule is CC1(C)c2ccc(-c3ccc4ccccc4c3)cc2-c2ccc(N(c3ccc(-c4ccccc4)cc3)c3ccc(-c4ccccc4)cc3)cc21. The number of hydrogen-bond donors (Lipinski definition) is 0. The lowest BCUT2D eigenvalue weighted by Crippen LogP contribution is -2.16. The monoisotopic (exact) mass is 639 g/mol. The van der Waals surface area contributed by atoms with Crippen LogP contribution in [-0.4, -0.2) is 0 Å². The van der Waals surface area contributed by atoms with Crippen LogP contribution in [0.4, 0.5) is 17.1 Å². The molecular formula is C49H37N. The Labute approximate surface area is 294 Å². The number of anilines is 3. The Kier molecular flexibility index (Phi) is 7.21. The van der Waals surface area contributed by atoms with Crippen molar-refractivity contribution >= 4 is 27.8 Å². The number of benzene rings is 8. The molecule has 0 unspecified atom stereocenters. The minimum absolute atomic E-state index is 0.136. The zero-order chi connectivity index (χ0) is 33.7. The average Bonchev–Trinajstić information content (AvgIpc) is 3.41. The molecule has 50 heavy (non-hydrogen) atoms. The molecule has 9 rings (SSSR count). The maximum atomic E-state index is 2.42. The van der Waals surface area contributed by atoms with Gasteiger partial charge >= 0.3 is 0 Å². The highest BCUT2D eigenvalue weighted by Gasteiger charge is 2.36. The fourth-order valence-corrected chi connectivity index (χ4v) is 7.74. The maximum absolute atomic E-state index is 2.42. The van der Waals surface area contributed by atoms with Gasteiger partial charge in [0.1, 0.15) is 0 Å². The molecule has 0 radical (unpaired) electrons. The summed E-state index contributed by atoms with van der Waals surface area (Å²) in [5, 5.41) is 2.54. The first-order chi connectivity index (χ1) is 24.5. The number of nitrogens with zero attached hydrogens (tertiary/aromatic N) is 1. The third-order valence-corrected chi connectivity index (χ3v) is 10.5. The average molecular weight is 640 g/mol. The Morgan fingerprint density at radius 1 is 0.320 bits per heavy atom. The van der Waals surface area contributed by atoms with Crippen molar-refractivity contribution in [2.24, 2.45) is 0 Å². The normalized spacial score (nSPS) is 12.8. The summed E-state index contributed by atoms with van der Waals surface area (Å²) in [4.78, 5) is 2.39. The molecule has 0 heterocycles. The third kappa shape index (κ3) is 5.19. The molecular weight excluding hydrogens is 603 g/mol. The van der Waals surface area contributed by atoms with Crippen molar-refractivity contribution < 1.29 is 0 Å². The van der Waals surface area contributed by atoms with E-state index >= 15 is 0 Å². The van der Waals surface area contributed by atoms with E-state index in [-0.39, 0.29) is 5.41 Å². The molecule has 238 valence electrons. The third-order valence-electron chi connectivity index (χ3n) is 10.5. The second-order valence-corrected chi connectivity index (χ2v) is 13.8. The molecule has 1 nitrogen and oxygen atoms in total. The smallest absolute Gasteiger partial charge is 0.0465 e. The van der Waals surface area contributed by atoms with E-state index in [1.807, 2.05) is 0 Å². The van der Waals surface area contributed by atoms with Crippen LogP contribution in [0.5, 0.6) is 0 Å². The van der Waals surface area contributed by atoms with E-state index in [2.05, 4.69) is 207 Å². The lowest BCUT2D eigenvalue weighted by molar-refractivity contribution is 0.660. The van der Waals surface area contributed by atoms with Crippen LogP contribution in [0.25, 0.3) is 55.3 Å². The van der Waals surface area contributed by atoms with Crippen LogP contribution < -0.4 is 4.90 Å². The van der Waals surface area contributed by atoms with E-state index < -0.39 is 0 Å². The molecule has 0 atom stereocenters. The van der Waals surface area contributed by atoms with Crippen molar-refractivity contribution in [1.29, 1.82) is 0 Å². The van der Waals surface area contributed by atoms with Crippen LogP contribution in [0.1, 0.15) is 25.0 Å². The summed E-state index contributed by atoms with van der Waals surface area (Å²) in [6, 6.07) is 68.6. The van der Waals surface area contributed by atoms with E-state index in [9.17, 15) is 0 Å². The number of hydrogen-bond acceptors (Lipinski definition) is 1. The molecule has 8 aromatic carbocycles. The molecule has 0 aliphatic heterocycles. The summed E-state index contributed by atoms with van der Waals surface area (Å²) in [6.45, 7) is 4.73. The molecule has 8 aromatic rings. The highest BCUT2D eigenvalue weighted by Crippen LogP contribution is 2.51. The first-order valence-electron chi connectivity index (χ1n) is 17.4. The molecule has 1 aliphatic rings. The van der Waals surface area contributed by atoms with Gasteiger partial charge in [-0.05, 0) is 115 Å². The highest BCUT2D eigenvalue weighted by atomic mass is 15.1. The summed E-state index contributed by atoms with van der Waals surface area (Å²) in [7, 11) is 0. The van der Waals surface area contributed by atoms with Gasteiger partial charge in [-0.1, -0.05) is 153 Å². The van der Waals surface area contributed by atoms with Crippen LogP contribution >= 0.6 is 0 Å². The van der Waals surface area contributed by atoms with Gasteiger partial charge in [-0.15, -0.1) is 0 Å². The van der Waals surface area contributed by atoms with Gasteiger partial charge in [0.25, 0.3) is 0 Å². The van der Waals surface area contributed by atoms with Gasteiger partial charge in [-0.25, -0.2) is 0 Å². The Hall–Kier alpha value is -6.18. The van der Waals surface area contributed by atoms with Gasteiger partial charge in [0.15, 0.2) is 0 Å². The van der Waals surface area contributed by atoms with Crippen LogP contribution in [-0.2, 0) is 5.41 Å². The molecule has 0 fully saturated rings. The summed E-state index contributed by atoms with van der Waals surface area (Å²) in [5.74, 6) is 0. The Bertz CT molecular complexity index is 2390. The Balaban J connectivity index is 1.13. The van der Waals surface area contributed by atoms with E-state index in [4.69, 9.17) is 0 Å². The second-order valence-electron chi connectivity index (χ2n) is 13.8. The number of fused-ring (bicyclic) bond motifs is 4. The van der Waals surface area contributed by atoms with Crippen molar-refractivity contribution in [2.45, 2.75) is 19.3 Å². The largest absolute Gasteiger partial charge is 0.310 e.